The van der Waals surface area contributed by atoms with Crippen LogP contribution >= 0.6 is 11.3 Å². The summed E-state index contributed by atoms with van der Waals surface area (Å²) in [5.74, 6) is -1.27. The van der Waals surface area contributed by atoms with Gasteiger partial charge in [-0.15, -0.1) is 11.3 Å². The molecule has 5 nitrogen and oxygen atoms in total. The summed E-state index contributed by atoms with van der Waals surface area (Å²) in [5, 5.41) is 11.6. The highest BCUT2D eigenvalue weighted by Gasteiger charge is 2.15. The topological polar surface area (TPSA) is 88.3 Å². The summed E-state index contributed by atoms with van der Waals surface area (Å²) in [6.07, 6.45) is 0. The van der Waals surface area contributed by atoms with Gasteiger partial charge in [-0.3, -0.25) is 0 Å². The van der Waals surface area contributed by atoms with Crippen LogP contribution in [0, 0.1) is 6.92 Å². The van der Waals surface area contributed by atoms with Crippen LogP contribution in [0.5, 0.6) is 0 Å². The third-order valence-corrected chi connectivity index (χ3v) is 3.47. The number of aromatic carboxylic acids is 1. The van der Waals surface area contributed by atoms with Crippen molar-refractivity contribution in [2.75, 3.05) is 12.8 Å². The molecule has 6 heteroatoms. The highest BCUT2D eigenvalue weighted by molar-refractivity contribution is 7.21. The standard InChI is InChI=1S/C11H12N2O3S/c1-5-3-6(4-16-2)7-8(12)9(11(14)15)17-10(7)13-5/h3H,4,12H2,1-2H3,(H,14,15)/p-1. The molecular formula is C11H11N2O3S-. The molecule has 0 amide bonds. The summed E-state index contributed by atoms with van der Waals surface area (Å²) in [6, 6.07) is 1.84. The molecule has 2 aromatic heterocycles. The van der Waals surface area contributed by atoms with Gasteiger partial charge in [0.05, 0.1) is 23.1 Å². The van der Waals surface area contributed by atoms with Gasteiger partial charge < -0.3 is 20.4 Å². The Morgan fingerprint density at radius 2 is 2.35 bits per heavy atom. The Kier molecular flexibility index (Phi) is 2.99. The molecule has 2 N–H and O–H groups in total. The zero-order chi connectivity index (χ0) is 12.6. The number of carboxylic acids is 1. The quantitative estimate of drug-likeness (QED) is 0.867. The van der Waals surface area contributed by atoms with E-state index in [1.807, 2.05) is 13.0 Å². The van der Waals surface area contributed by atoms with Gasteiger partial charge in [-0.25, -0.2) is 4.98 Å². The maximum Gasteiger partial charge on any atom is 0.126 e. The van der Waals surface area contributed by atoms with E-state index in [1.54, 1.807) is 7.11 Å². The highest BCUT2D eigenvalue weighted by Crippen LogP contribution is 2.35. The molecule has 0 radical (unpaired) electrons. The molecule has 0 aliphatic carbocycles. The number of hydrogen-bond acceptors (Lipinski definition) is 6. The number of pyridine rings is 1. The van der Waals surface area contributed by atoms with Crippen molar-refractivity contribution in [3.05, 3.63) is 22.2 Å². The molecule has 0 atom stereocenters. The minimum absolute atomic E-state index is 0.0236. The molecule has 0 aliphatic heterocycles. The summed E-state index contributed by atoms with van der Waals surface area (Å²) >= 11 is 1.03. The van der Waals surface area contributed by atoms with Crippen molar-refractivity contribution >= 4 is 33.2 Å². The average molecular weight is 251 g/mol. The molecule has 0 aliphatic rings. The van der Waals surface area contributed by atoms with E-state index in [0.717, 1.165) is 22.6 Å². The van der Waals surface area contributed by atoms with Crippen LogP contribution < -0.4 is 10.8 Å². The molecule has 0 aromatic carbocycles. The van der Waals surface area contributed by atoms with E-state index in [-0.39, 0.29) is 10.6 Å². The first-order chi connectivity index (χ1) is 8.04. The van der Waals surface area contributed by atoms with Crippen molar-refractivity contribution in [1.29, 1.82) is 0 Å². The second-order valence-corrected chi connectivity index (χ2v) is 4.67. The molecule has 2 aromatic rings. The number of nitrogens with zero attached hydrogens (tertiary/aromatic N) is 1. The third-order valence-electron chi connectivity index (χ3n) is 2.39. The van der Waals surface area contributed by atoms with Crippen molar-refractivity contribution in [3.8, 4) is 0 Å². The monoisotopic (exact) mass is 251 g/mol. The summed E-state index contributed by atoms with van der Waals surface area (Å²) in [6.45, 7) is 2.21. The van der Waals surface area contributed by atoms with Gasteiger partial charge in [0, 0.05) is 18.2 Å². The molecule has 2 rings (SSSR count). The van der Waals surface area contributed by atoms with Crippen LogP contribution in [0.2, 0.25) is 0 Å². The Morgan fingerprint density at radius 3 is 2.94 bits per heavy atom. The molecule has 2 heterocycles. The first-order valence-electron chi connectivity index (χ1n) is 4.93. The Balaban J connectivity index is 2.77. The van der Waals surface area contributed by atoms with Gasteiger partial charge in [-0.05, 0) is 18.6 Å². The number of carboxylic acid groups (broad SMARTS) is 1. The van der Waals surface area contributed by atoms with Crippen molar-refractivity contribution in [2.24, 2.45) is 0 Å². The predicted molar refractivity (Wildman–Crippen MR) is 63.8 cm³/mol. The van der Waals surface area contributed by atoms with E-state index in [4.69, 9.17) is 10.5 Å². The number of anilines is 1. The highest BCUT2D eigenvalue weighted by atomic mass is 32.1. The number of fused-ring (bicyclic) bond motifs is 1. The number of thiophene rings is 1. The van der Waals surface area contributed by atoms with E-state index in [2.05, 4.69) is 4.98 Å². The Labute approximate surface area is 102 Å². The van der Waals surface area contributed by atoms with E-state index in [0.29, 0.717) is 16.8 Å². The average Bonchev–Trinajstić information content (AvgIpc) is 2.56. The summed E-state index contributed by atoms with van der Waals surface area (Å²) < 4.78 is 5.07. The van der Waals surface area contributed by atoms with E-state index < -0.39 is 5.97 Å². The molecule has 17 heavy (non-hydrogen) atoms. The van der Waals surface area contributed by atoms with Gasteiger partial charge in [0.25, 0.3) is 0 Å². The zero-order valence-electron chi connectivity index (χ0n) is 9.44. The number of rotatable bonds is 3. The first kappa shape index (κ1) is 11.8. The van der Waals surface area contributed by atoms with Crippen LogP contribution in [0.1, 0.15) is 20.9 Å². The zero-order valence-corrected chi connectivity index (χ0v) is 10.3. The first-order valence-corrected chi connectivity index (χ1v) is 5.75. The number of carbonyl (C=O) groups excluding carboxylic acids is 1. The lowest BCUT2D eigenvalue weighted by atomic mass is 10.1. The SMILES string of the molecule is COCc1cc(C)nc2sc(C(=O)[O-])c(N)c12. The summed E-state index contributed by atoms with van der Waals surface area (Å²) in [4.78, 5) is 15.8. The maximum atomic E-state index is 10.9. The lowest BCUT2D eigenvalue weighted by Gasteiger charge is -2.05. The van der Waals surface area contributed by atoms with Crippen molar-refractivity contribution < 1.29 is 14.6 Å². The second kappa shape index (κ2) is 4.31. The Morgan fingerprint density at radius 1 is 1.65 bits per heavy atom. The number of hydrogen-bond donors (Lipinski definition) is 1. The Hall–Kier alpha value is -1.66. The van der Waals surface area contributed by atoms with Crippen LogP contribution in [0.15, 0.2) is 6.07 Å². The second-order valence-electron chi connectivity index (χ2n) is 3.67. The van der Waals surface area contributed by atoms with Crippen LogP contribution in [-0.2, 0) is 11.3 Å². The van der Waals surface area contributed by atoms with Gasteiger partial charge in [-0.1, -0.05) is 0 Å². The van der Waals surface area contributed by atoms with Gasteiger partial charge in [0.15, 0.2) is 0 Å². The molecule has 0 saturated carbocycles. The number of nitrogen functional groups attached to an aromatic ring is 1. The number of ether oxygens (including phenoxy) is 1. The van der Waals surface area contributed by atoms with Crippen LogP contribution in [0.4, 0.5) is 5.69 Å². The largest absolute Gasteiger partial charge is 0.544 e. The smallest absolute Gasteiger partial charge is 0.126 e. The lowest BCUT2D eigenvalue weighted by molar-refractivity contribution is -0.254. The van der Waals surface area contributed by atoms with Gasteiger partial charge in [0.2, 0.25) is 0 Å². The molecule has 0 bridgehead atoms. The molecule has 0 saturated heterocycles. The lowest BCUT2D eigenvalue weighted by Crippen LogP contribution is -2.21. The number of aromatic nitrogens is 1. The number of nitrogens with two attached hydrogens (primary N) is 1. The van der Waals surface area contributed by atoms with Crippen LogP contribution in [-0.4, -0.2) is 18.1 Å². The minimum Gasteiger partial charge on any atom is -0.544 e. The number of carbonyl (C=O) groups is 1. The summed E-state index contributed by atoms with van der Waals surface area (Å²) in [7, 11) is 1.57. The van der Waals surface area contributed by atoms with E-state index >= 15 is 0 Å². The molecule has 0 spiro atoms. The van der Waals surface area contributed by atoms with Crippen LogP contribution in [0.25, 0.3) is 10.2 Å². The predicted octanol–water partition coefficient (Wildman–Crippen LogP) is 0.697. The van der Waals surface area contributed by atoms with E-state index in [1.165, 1.54) is 0 Å². The van der Waals surface area contributed by atoms with Gasteiger partial charge in [-0.2, -0.15) is 0 Å². The third kappa shape index (κ3) is 1.96. The minimum atomic E-state index is -1.27. The molecular weight excluding hydrogens is 240 g/mol. The van der Waals surface area contributed by atoms with Crippen molar-refractivity contribution in [3.63, 3.8) is 0 Å². The molecule has 0 fully saturated rings. The van der Waals surface area contributed by atoms with Crippen LogP contribution in [0.3, 0.4) is 0 Å². The fourth-order valence-corrected chi connectivity index (χ4v) is 2.78. The number of methoxy groups -OCH3 is 1. The number of aryl methyl sites for hydroxylation is 1. The fourth-order valence-electron chi connectivity index (χ4n) is 1.76. The van der Waals surface area contributed by atoms with Gasteiger partial charge >= 0.3 is 0 Å². The normalized spacial score (nSPS) is 10.9. The Bertz CT molecular complexity index is 592. The fraction of sp³-hybridized carbons (Fsp3) is 0.273. The maximum absolute atomic E-state index is 10.9. The van der Waals surface area contributed by atoms with E-state index in [9.17, 15) is 9.90 Å². The van der Waals surface area contributed by atoms with Gasteiger partial charge in [0.1, 0.15) is 4.83 Å². The van der Waals surface area contributed by atoms with Crippen molar-refractivity contribution in [1.82, 2.24) is 4.98 Å². The summed E-state index contributed by atoms with van der Waals surface area (Å²) in [5.41, 5.74) is 7.67. The molecule has 0 unspecified atom stereocenters. The molecule has 90 valence electrons. The van der Waals surface area contributed by atoms with Crippen molar-refractivity contribution in [2.45, 2.75) is 13.5 Å².